The zero-order valence-electron chi connectivity index (χ0n) is 18.8. The van der Waals surface area contributed by atoms with Crippen LogP contribution in [-0.4, -0.2) is 47.3 Å². The molecule has 9 nitrogen and oxygen atoms in total. The van der Waals surface area contributed by atoms with Crippen LogP contribution >= 0.6 is 0 Å². The number of aromatic amines is 1. The summed E-state index contributed by atoms with van der Waals surface area (Å²) < 4.78 is 19.4. The summed E-state index contributed by atoms with van der Waals surface area (Å²) in [6.07, 6.45) is 8.49. The van der Waals surface area contributed by atoms with E-state index >= 15 is 0 Å². The molecule has 1 fully saturated rings. The van der Waals surface area contributed by atoms with Crippen molar-refractivity contribution < 1.29 is 19.0 Å². The molecule has 1 saturated carbocycles. The molecule has 5 rings (SSSR count). The number of aromatic nitrogens is 6. The lowest BCUT2D eigenvalue weighted by Crippen LogP contribution is -2.25. The molecule has 1 aromatic carbocycles. The van der Waals surface area contributed by atoms with E-state index in [0.717, 1.165) is 36.8 Å². The number of H-pyrrole nitrogens is 1. The van der Waals surface area contributed by atoms with E-state index in [9.17, 15) is 9.18 Å². The average Bonchev–Trinajstić information content (AvgIpc) is 3.36. The third kappa shape index (κ3) is 5.48. The minimum atomic E-state index is -0.746. The van der Waals surface area contributed by atoms with Crippen LogP contribution in [0.4, 0.5) is 4.39 Å². The van der Waals surface area contributed by atoms with Gasteiger partial charge >= 0.3 is 12.0 Å². The highest BCUT2D eigenvalue weighted by Gasteiger charge is 2.24. The van der Waals surface area contributed by atoms with Crippen LogP contribution in [0.2, 0.25) is 0 Å². The summed E-state index contributed by atoms with van der Waals surface area (Å²) in [5.41, 5.74) is 2.79. The number of carbonyl (C=O) groups is 1. The second-order valence-electron chi connectivity index (χ2n) is 8.58. The van der Waals surface area contributed by atoms with Gasteiger partial charge in [0.15, 0.2) is 11.6 Å². The maximum atomic E-state index is 13.5. The van der Waals surface area contributed by atoms with E-state index in [2.05, 4.69) is 30.1 Å². The molecule has 35 heavy (non-hydrogen) atoms. The lowest BCUT2D eigenvalue weighted by Gasteiger charge is -2.27. The highest BCUT2D eigenvalue weighted by molar-refractivity contribution is 5.67. The lowest BCUT2D eigenvalue weighted by molar-refractivity contribution is -0.138. The Hall–Kier alpha value is -4.21. The Morgan fingerprint density at radius 3 is 2.31 bits per heavy atom. The Morgan fingerprint density at radius 2 is 1.66 bits per heavy atom. The molecule has 1 aliphatic carbocycles. The van der Waals surface area contributed by atoms with Crippen LogP contribution in [0, 0.1) is 11.7 Å². The summed E-state index contributed by atoms with van der Waals surface area (Å²) in [7, 11) is 0. The molecule has 0 saturated heterocycles. The predicted molar refractivity (Wildman–Crippen MR) is 125 cm³/mol. The smallest absolute Gasteiger partial charge is 0.316 e. The fourth-order valence-electron chi connectivity index (χ4n) is 4.22. The average molecular weight is 474 g/mol. The Morgan fingerprint density at radius 1 is 0.943 bits per heavy atom. The number of aliphatic carboxylic acids is 1. The van der Waals surface area contributed by atoms with Crippen molar-refractivity contribution in [3.05, 3.63) is 60.8 Å². The normalized spacial score (nSPS) is 17.7. The number of carboxylic acids is 1. The van der Waals surface area contributed by atoms with Gasteiger partial charge in [0, 0.05) is 41.7 Å². The first-order valence-corrected chi connectivity index (χ1v) is 11.4. The number of hydrogen-bond donors (Lipinski definition) is 2. The van der Waals surface area contributed by atoms with Crippen LogP contribution in [0.3, 0.4) is 0 Å². The van der Waals surface area contributed by atoms with Gasteiger partial charge < -0.3 is 14.8 Å². The van der Waals surface area contributed by atoms with Gasteiger partial charge in [0.2, 0.25) is 0 Å². The Bertz CT molecular complexity index is 1300. The summed E-state index contributed by atoms with van der Waals surface area (Å²) in [6.45, 7) is 0. The molecule has 3 heterocycles. The molecule has 3 aromatic heterocycles. The summed E-state index contributed by atoms with van der Waals surface area (Å²) in [4.78, 5) is 27.1. The van der Waals surface area contributed by atoms with E-state index in [1.165, 1.54) is 12.1 Å². The van der Waals surface area contributed by atoms with Crippen molar-refractivity contribution in [1.29, 1.82) is 0 Å². The van der Waals surface area contributed by atoms with E-state index in [-0.39, 0.29) is 24.3 Å². The molecule has 0 amide bonds. The summed E-state index contributed by atoms with van der Waals surface area (Å²) in [5, 5.41) is 17.2. The van der Waals surface area contributed by atoms with Crippen molar-refractivity contribution in [1.82, 2.24) is 30.1 Å². The number of carboxylic acid groups (broad SMARTS) is 1. The van der Waals surface area contributed by atoms with Crippen molar-refractivity contribution in [2.75, 3.05) is 0 Å². The molecule has 0 unspecified atom stereocenters. The van der Waals surface area contributed by atoms with Crippen molar-refractivity contribution in [2.24, 2.45) is 5.92 Å². The molecule has 0 radical (unpaired) electrons. The second-order valence-corrected chi connectivity index (χ2v) is 8.58. The fourth-order valence-corrected chi connectivity index (χ4v) is 4.22. The number of nitrogens with one attached hydrogen (secondary N) is 1. The maximum absolute atomic E-state index is 13.5. The van der Waals surface area contributed by atoms with Crippen LogP contribution in [0.1, 0.15) is 32.1 Å². The van der Waals surface area contributed by atoms with Gasteiger partial charge in [-0.2, -0.15) is 0 Å². The molecule has 0 aliphatic heterocycles. The van der Waals surface area contributed by atoms with Crippen LogP contribution in [-0.2, 0) is 4.79 Å². The van der Waals surface area contributed by atoms with E-state index in [1.54, 1.807) is 30.7 Å². The van der Waals surface area contributed by atoms with Crippen LogP contribution in [0.15, 0.2) is 55.0 Å². The molecule has 4 aromatic rings. The van der Waals surface area contributed by atoms with Crippen molar-refractivity contribution in [3.63, 3.8) is 0 Å². The molecule has 10 heteroatoms. The summed E-state index contributed by atoms with van der Waals surface area (Å²) >= 11 is 0. The maximum Gasteiger partial charge on any atom is 0.316 e. The molecule has 0 spiro atoms. The Kier molecular flexibility index (Phi) is 6.42. The molecule has 2 N–H and O–H groups in total. The minimum Gasteiger partial charge on any atom is -0.481 e. The Labute approximate surface area is 200 Å². The van der Waals surface area contributed by atoms with Gasteiger partial charge in [-0.25, -0.2) is 14.4 Å². The largest absolute Gasteiger partial charge is 0.481 e. The van der Waals surface area contributed by atoms with Crippen molar-refractivity contribution >= 4 is 5.97 Å². The standard InChI is InChI=1S/C25H23FN6O3/c26-19-3-1-2-16(11-19)23-30-24(32-31-23)17-6-9-21(27-12-17)18-13-28-25(29-14-18)35-20-7-4-15(5-8-20)10-22(33)34/h1-3,6,9,11-15,20H,4-5,7-8,10H2,(H,33,34)(H,30,31,32)/t15-,20+. The zero-order chi connectivity index (χ0) is 24.2. The number of nitrogens with zero attached hydrogens (tertiary/aromatic N) is 5. The topological polar surface area (TPSA) is 127 Å². The second kappa shape index (κ2) is 9.96. The SMILES string of the molecule is O=C(O)C[C@H]1CC[C@@H](Oc2ncc(-c3ccc(-c4nnc(-c5cccc(F)c5)[nH]4)cn3)cn2)CC1. The molecular formula is C25H23FN6O3. The summed E-state index contributed by atoms with van der Waals surface area (Å²) in [5.74, 6) is 0.136. The summed E-state index contributed by atoms with van der Waals surface area (Å²) in [6, 6.07) is 10.1. The van der Waals surface area contributed by atoms with Gasteiger partial charge in [-0.1, -0.05) is 12.1 Å². The predicted octanol–water partition coefficient (Wildman–Crippen LogP) is 4.54. The lowest BCUT2D eigenvalue weighted by atomic mass is 9.85. The molecule has 0 atom stereocenters. The molecule has 0 bridgehead atoms. The van der Waals surface area contributed by atoms with E-state index in [4.69, 9.17) is 9.84 Å². The van der Waals surface area contributed by atoms with Crippen LogP contribution < -0.4 is 4.74 Å². The first-order chi connectivity index (χ1) is 17.0. The van der Waals surface area contributed by atoms with Gasteiger partial charge in [0.05, 0.1) is 5.69 Å². The van der Waals surface area contributed by atoms with Crippen LogP contribution in [0.25, 0.3) is 34.0 Å². The quantitative estimate of drug-likeness (QED) is 0.400. The van der Waals surface area contributed by atoms with Gasteiger partial charge in [0.25, 0.3) is 0 Å². The Balaban J connectivity index is 1.20. The monoisotopic (exact) mass is 474 g/mol. The zero-order valence-corrected chi connectivity index (χ0v) is 18.8. The van der Waals surface area contributed by atoms with Crippen molar-refractivity contribution in [2.45, 2.75) is 38.2 Å². The van der Waals surface area contributed by atoms with Crippen LogP contribution in [0.5, 0.6) is 6.01 Å². The van der Waals surface area contributed by atoms with Gasteiger partial charge in [-0.15, -0.1) is 10.2 Å². The molecular weight excluding hydrogens is 451 g/mol. The van der Waals surface area contributed by atoms with Crippen molar-refractivity contribution in [3.8, 4) is 40.0 Å². The minimum absolute atomic E-state index is 0.00229. The van der Waals surface area contributed by atoms with E-state index in [1.807, 2.05) is 12.1 Å². The fraction of sp³-hybridized carbons (Fsp3) is 0.280. The van der Waals surface area contributed by atoms with Gasteiger partial charge in [-0.3, -0.25) is 9.78 Å². The molecule has 178 valence electrons. The first-order valence-electron chi connectivity index (χ1n) is 11.4. The third-order valence-corrected chi connectivity index (χ3v) is 6.07. The van der Waals surface area contributed by atoms with Gasteiger partial charge in [0.1, 0.15) is 11.9 Å². The number of benzene rings is 1. The number of hydrogen-bond acceptors (Lipinski definition) is 7. The number of rotatable bonds is 7. The van der Waals surface area contributed by atoms with E-state index < -0.39 is 5.97 Å². The number of halogens is 1. The number of pyridine rings is 1. The van der Waals surface area contributed by atoms with E-state index in [0.29, 0.717) is 28.9 Å². The highest BCUT2D eigenvalue weighted by atomic mass is 19.1. The number of ether oxygens (including phenoxy) is 1. The first kappa shape index (κ1) is 22.6. The third-order valence-electron chi connectivity index (χ3n) is 6.07. The molecule has 1 aliphatic rings. The van der Waals surface area contributed by atoms with Gasteiger partial charge in [-0.05, 0) is 55.9 Å². The highest BCUT2D eigenvalue weighted by Crippen LogP contribution is 2.29.